The van der Waals surface area contributed by atoms with Gasteiger partial charge in [-0.2, -0.15) is 0 Å². The average molecular weight is 470 g/mol. The molecule has 0 aliphatic rings. The molecule has 0 aromatic heterocycles. The summed E-state index contributed by atoms with van der Waals surface area (Å²) < 4.78 is 24.7. The summed E-state index contributed by atoms with van der Waals surface area (Å²) in [5, 5.41) is 0.820. The van der Waals surface area contributed by atoms with E-state index in [-0.39, 0.29) is 15.5 Å². The molecule has 9 heteroatoms. The van der Waals surface area contributed by atoms with E-state index < -0.39 is 15.9 Å². The smallest absolute Gasteiger partial charge is 0.267 e. The summed E-state index contributed by atoms with van der Waals surface area (Å²) in [6.45, 7) is 1.84. The predicted molar refractivity (Wildman–Crippen MR) is 116 cm³/mol. The van der Waals surface area contributed by atoms with Gasteiger partial charge < -0.3 is 0 Å². The maximum Gasteiger partial charge on any atom is 0.267 e. The molecule has 3 rings (SSSR count). The lowest BCUT2D eigenvalue weighted by Crippen LogP contribution is -2.41. The van der Waals surface area contributed by atoms with E-state index in [2.05, 4.69) is 10.3 Å². The van der Waals surface area contributed by atoms with Crippen LogP contribution in [0.25, 0.3) is 11.1 Å². The Kier molecular flexibility index (Phi) is 6.51. The van der Waals surface area contributed by atoms with Gasteiger partial charge in [-0.3, -0.25) is 10.2 Å². The Bertz CT molecular complexity index is 1180. The molecule has 0 heterocycles. The van der Waals surface area contributed by atoms with Gasteiger partial charge in [-0.15, -0.1) is 4.83 Å². The van der Waals surface area contributed by atoms with Crippen molar-refractivity contribution in [3.05, 3.63) is 86.9 Å². The minimum absolute atomic E-state index is 0.0161. The second kappa shape index (κ2) is 8.73. The first-order chi connectivity index (χ1) is 13.7. The van der Waals surface area contributed by atoms with Crippen LogP contribution in [0.15, 0.2) is 65.6 Å². The molecule has 2 N–H and O–H groups in total. The number of aryl methyl sites for hydroxylation is 1. The van der Waals surface area contributed by atoms with Crippen molar-refractivity contribution in [1.29, 1.82) is 0 Å². The number of nitrogens with one attached hydrogen (secondary N) is 2. The standard InChI is InChI=1S/C20H15Cl3N2O3S/c1-12-6-8-13(9-7-12)29(27,28)25-24-20(26)16-10-15(18(22)11-19(16)23)14-4-2-3-5-17(14)21/h2-11,25H,1H3,(H,24,26). The molecule has 0 bridgehead atoms. The number of hydrogen-bond donors (Lipinski definition) is 2. The van der Waals surface area contributed by atoms with Gasteiger partial charge in [0, 0.05) is 21.2 Å². The SMILES string of the molecule is Cc1ccc(S(=O)(=O)NNC(=O)c2cc(-c3ccccc3Cl)c(Cl)cc2Cl)cc1. The van der Waals surface area contributed by atoms with Crippen molar-refractivity contribution in [1.82, 2.24) is 10.3 Å². The second-order valence-corrected chi connectivity index (χ2v) is 9.07. The largest absolute Gasteiger partial charge is 0.273 e. The van der Waals surface area contributed by atoms with Crippen molar-refractivity contribution in [2.45, 2.75) is 11.8 Å². The quantitative estimate of drug-likeness (QED) is 0.501. The Morgan fingerprint density at radius 2 is 1.48 bits per heavy atom. The summed E-state index contributed by atoms with van der Waals surface area (Å²) >= 11 is 18.6. The summed E-state index contributed by atoms with van der Waals surface area (Å²) in [4.78, 5) is 14.7. The number of hydrazine groups is 1. The molecule has 0 atom stereocenters. The van der Waals surface area contributed by atoms with Gasteiger partial charge >= 0.3 is 0 Å². The fraction of sp³-hybridized carbons (Fsp3) is 0.0500. The van der Waals surface area contributed by atoms with Crippen LogP contribution in [0.1, 0.15) is 15.9 Å². The normalized spacial score (nSPS) is 11.3. The number of hydrogen-bond acceptors (Lipinski definition) is 3. The lowest BCUT2D eigenvalue weighted by Gasteiger charge is -2.13. The lowest BCUT2D eigenvalue weighted by molar-refractivity contribution is 0.0945. The Labute approximate surface area is 183 Å². The molecule has 3 aromatic carbocycles. The summed E-state index contributed by atoms with van der Waals surface area (Å²) in [6, 6.07) is 16.0. The van der Waals surface area contributed by atoms with Gasteiger partial charge in [0.15, 0.2) is 0 Å². The van der Waals surface area contributed by atoms with Crippen molar-refractivity contribution >= 4 is 50.7 Å². The molecule has 5 nitrogen and oxygen atoms in total. The third-order valence-corrected chi connectivity index (χ3v) is 6.31. The highest BCUT2D eigenvalue weighted by atomic mass is 35.5. The van der Waals surface area contributed by atoms with Crippen LogP contribution in [0, 0.1) is 6.92 Å². The highest BCUT2D eigenvalue weighted by Gasteiger charge is 2.19. The zero-order valence-electron chi connectivity index (χ0n) is 15.0. The number of carbonyl (C=O) groups is 1. The molecule has 0 radical (unpaired) electrons. The van der Waals surface area contributed by atoms with Crippen LogP contribution in [0.5, 0.6) is 0 Å². The topological polar surface area (TPSA) is 75.3 Å². The van der Waals surface area contributed by atoms with Crippen molar-refractivity contribution < 1.29 is 13.2 Å². The number of halogens is 3. The van der Waals surface area contributed by atoms with Gasteiger partial charge in [0.05, 0.1) is 15.5 Å². The number of amides is 1. The molecule has 0 spiro atoms. The van der Waals surface area contributed by atoms with Crippen molar-refractivity contribution in [2.75, 3.05) is 0 Å². The zero-order valence-corrected chi connectivity index (χ0v) is 18.1. The van der Waals surface area contributed by atoms with Gasteiger partial charge in [-0.1, -0.05) is 70.7 Å². The molecule has 0 fully saturated rings. The van der Waals surface area contributed by atoms with Crippen LogP contribution in [0.3, 0.4) is 0 Å². The third kappa shape index (κ3) is 4.91. The Hall–Kier alpha value is -2.09. The first kappa shape index (κ1) is 21.6. The molecule has 0 saturated heterocycles. The van der Waals surface area contributed by atoms with Crippen molar-refractivity contribution in [3.63, 3.8) is 0 Å². The number of carbonyl (C=O) groups excluding carboxylic acids is 1. The van der Waals surface area contributed by atoms with E-state index in [1.54, 1.807) is 36.4 Å². The van der Waals surface area contributed by atoms with E-state index in [1.807, 2.05) is 6.92 Å². The first-order valence-electron chi connectivity index (χ1n) is 8.32. The maximum absolute atomic E-state index is 12.6. The van der Waals surface area contributed by atoms with Crippen LogP contribution >= 0.6 is 34.8 Å². The maximum atomic E-state index is 12.6. The van der Waals surface area contributed by atoms with E-state index >= 15 is 0 Å². The molecule has 1 amide bonds. The molecule has 29 heavy (non-hydrogen) atoms. The van der Waals surface area contributed by atoms with Gasteiger partial charge in [0.25, 0.3) is 15.9 Å². The average Bonchev–Trinajstić information content (AvgIpc) is 2.67. The minimum Gasteiger partial charge on any atom is -0.273 e. The van der Waals surface area contributed by atoms with Gasteiger partial charge in [0.2, 0.25) is 0 Å². The van der Waals surface area contributed by atoms with Crippen molar-refractivity contribution in [2.24, 2.45) is 0 Å². The lowest BCUT2D eigenvalue weighted by atomic mass is 10.0. The third-order valence-electron chi connectivity index (χ3n) is 4.10. The fourth-order valence-electron chi connectivity index (χ4n) is 2.57. The van der Waals surface area contributed by atoms with Crippen molar-refractivity contribution in [3.8, 4) is 11.1 Å². The molecular weight excluding hydrogens is 455 g/mol. The van der Waals surface area contributed by atoms with Crippen LogP contribution in [-0.2, 0) is 10.0 Å². The van der Waals surface area contributed by atoms with E-state index in [9.17, 15) is 13.2 Å². The summed E-state index contributed by atoms with van der Waals surface area (Å²) in [6.07, 6.45) is 0. The molecule has 3 aromatic rings. The second-order valence-electron chi connectivity index (χ2n) is 6.16. The monoisotopic (exact) mass is 468 g/mol. The fourth-order valence-corrected chi connectivity index (χ4v) is 4.21. The first-order valence-corrected chi connectivity index (χ1v) is 10.9. The number of rotatable bonds is 5. The molecule has 0 saturated carbocycles. The molecule has 0 aliphatic heterocycles. The van der Waals surface area contributed by atoms with Gasteiger partial charge in [-0.25, -0.2) is 8.42 Å². The molecule has 0 unspecified atom stereocenters. The summed E-state index contributed by atoms with van der Waals surface area (Å²) in [5.41, 5.74) is 4.23. The Balaban J connectivity index is 1.87. The highest BCUT2D eigenvalue weighted by Crippen LogP contribution is 2.36. The Morgan fingerprint density at radius 1 is 0.828 bits per heavy atom. The van der Waals surface area contributed by atoms with E-state index in [0.717, 1.165) is 5.56 Å². The van der Waals surface area contributed by atoms with E-state index in [1.165, 1.54) is 24.3 Å². The zero-order chi connectivity index (χ0) is 21.2. The molecule has 0 aliphatic carbocycles. The summed E-state index contributed by atoms with van der Waals surface area (Å²) in [5.74, 6) is -0.740. The number of benzene rings is 3. The van der Waals surface area contributed by atoms with Gasteiger partial charge in [-0.05, 0) is 37.3 Å². The van der Waals surface area contributed by atoms with Crippen LogP contribution in [-0.4, -0.2) is 14.3 Å². The highest BCUT2D eigenvalue weighted by molar-refractivity contribution is 7.89. The van der Waals surface area contributed by atoms with E-state index in [4.69, 9.17) is 34.8 Å². The molecular formula is C20H15Cl3N2O3S. The van der Waals surface area contributed by atoms with Crippen LogP contribution in [0.2, 0.25) is 15.1 Å². The predicted octanol–water partition coefficient (Wildman–Crippen LogP) is 5.25. The van der Waals surface area contributed by atoms with Gasteiger partial charge in [0.1, 0.15) is 0 Å². The summed E-state index contributed by atoms with van der Waals surface area (Å²) in [7, 11) is -3.94. The molecule has 150 valence electrons. The van der Waals surface area contributed by atoms with Crippen LogP contribution in [0.4, 0.5) is 0 Å². The van der Waals surface area contributed by atoms with E-state index in [0.29, 0.717) is 21.2 Å². The van der Waals surface area contributed by atoms with Crippen LogP contribution < -0.4 is 10.3 Å². The Morgan fingerprint density at radius 3 is 2.14 bits per heavy atom. The number of sulfonamides is 1. The minimum atomic E-state index is -3.94.